The molecule has 2 rings (SSSR count). The third-order valence-corrected chi connectivity index (χ3v) is 4.32. The Morgan fingerprint density at radius 2 is 1.81 bits per heavy atom. The van der Waals surface area contributed by atoms with E-state index in [1.807, 2.05) is 31.2 Å². The number of benzene rings is 1. The molecular weight excluding hydrogens is 264 g/mol. The standard InChI is InChI=1S/C16H26N4O/c1-3-19-10-12-20(13-11-19)9-8-17-16(21)18-15-7-5-4-6-14(15)2/h4-7H,3,8-13H2,1-2H3,(H2,17,18,21)/p+2. The first-order chi connectivity index (χ1) is 10.2. The van der Waals surface area contributed by atoms with E-state index >= 15 is 0 Å². The molecule has 4 N–H and O–H groups in total. The normalized spacial score (nSPS) is 21.8. The van der Waals surface area contributed by atoms with Crippen LogP contribution in [0.4, 0.5) is 10.5 Å². The second-order valence-corrected chi connectivity index (χ2v) is 5.80. The molecule has 0 aliphatic carbocycles. The number of rotatable bonds is 5. The van der Waals surface area contributed by atoms with Crippen LogP contribution in [0.25, 0.3) is 0 Å². The number of urea groups is 1. The second kappa shape index (κ2) is 8.00. The van der Waals surface area contributed by atoms with Gasteiger partial charge in [-0.05, 0) is 25.5 Å². The maximum atomic E-state index is 11.9. The highest BCUT2D eigenvalue weighted by atomic mass is 16.2. The van der Waals surface area contributed by atoms with Gasteiger partial charge in [0.05, 0.1) is 19.6 Å². The first-order valence-corrected chi connectivity index (χ1v) is 7.96. The van der Waals surface area contributed by atoms with Crippen LogP contribution in [-0.2, 0) is 0 Å². The molecule has 21 heavy (non-hydrogen) atoms. The molecule has 1 aromatic rings. The number of nitrogens with one attached hydrogen (secondary N) is 4. The van der Waals surface area contributed by atoms with Crippen molar-refractivity contribution in [3.63, 3.8) is 0 Å². The summed E-state index contributed by atoms with van der Waals surface area (Å²) in [6, 6.07) is 7.71. The summed E-state index contributed by atoms with van der Waals surface area (Å²) in [5.74, 6) is 0. The van der Waals surface area contributed by atoms with Crippen molar-refractivity contribution in [3.8, 4) is 0 Å². The number of hydrogen-bond donors (Lipinski definition) is 4. The molecule has 1 fully saturated rings. The molecule has 1 aliphatic heterocycles. The number of carbonyl (C=O) groups excluding carboxylic acids is 1. The Hall–Kier alpha value is -1.59. The average molecular weight is 292 g/mol. The van der Waals surface area contributed by atoms with Crippen molar-refractivity contribution in [1.82, 2.24) is 5.32 Å². The van der Waals surface area contributed by atoms with Gasteiger partial charge in [-0.1, -0.05) is 18.2 Å². The summed E-state index contributed by atoms with van der Waals surface area (Å²) in [6.45, 7) is 12.1. The monoisotopic (exact) mass is 292 g/mol. The Labute approximate surface area is 127 Å². The van der Waals surface area contributed by atoms with E-state index < -0.39 is 0 Å². The number of amides is 2. The van der Waals surface area contributed by atoms with Crippen LogP contribution >= 0.6 is 0 Å². The number of aryl methyl sites for hydroxylation is 1. The van der Waals surface area contributed by atoms with Crippen LogP contribution in [0.2, 0.25) is 0 Å². The lowest BCUT2D eigenvalue weighted by atomic mass is 10.2. The summed E-state index contributed by atoms with van der Waals surface area (Å²) in [5.41, 5.74) is 1.96. The highest BCUT2D eigenvalue weighted by Gasteiger charge is 2.20. The molecule has 0 radical (unpaired) electrons. The second-order valence-electron chi connectivity index (χ2n) is 5.80. The SMILES string of the molecule is CC[NH+]1CC[NH+](CCNC(=O)Nc2ccccc2C)CC1. The van der Waals surface area contributed by atoms with Gasteiger partial charge in [0.2, 0.25) is 0 Å². The Bertz CT molecular complexity index is 455. The molecule has 1 heterocycles. The molecule has 1 aromatic carbocycles. The van der Waals surface area contributed by atoms with Crippen LogP contribution in [0.5, 0.6) is 0 Å². The predicted molar refractivity (Wildman–Crippen MR) is 85.0 cm³/mol. The summed E-state index contributed by atoms with van der Waals surface area (Å²) in [7, 11) is 0. The van der Waals surface area contributed by atoms with Crippen molar-refractivity contribution in [2.45, 2.75) is 13.8 Å². The fraction of sp³-hybridized carbons (Fsp3) is 0.562. The molecule has 1 aliphatic rings. The zero-order valence-electron chi connectivity index (χ0n) is 13.2. The van der Waals surface area contributed by atoms with Crippen LogP contribution in [0.1, 0.15) is 12.5 Å². The van der Waals surface area contributed by atoms with Crippen molar-refractivity contribution in [2.75, 3.05) is 51.1 Å². The maximum absolute atomic E-state index is 11.9. The summed E-state index contributed by atoms with van der Waals surface area (Å²) in [4.78, 5) is 15.2. The topological polar surface area (TPSA) is 50.0 Å². The number of likely N-dealkylation sites (N-methyl/N-ethyl adjacent to an activating group) is 1. The lowest BCUT2D eigenvalue weighted by molar-refractivity contribution is -1.01. The van der Waals surface area contributed by atoms with E-state index in [9.17, 15) is 4.79 Å². The number of hydrogen-bond acceptors (Lipinski definition) is 1. The third-order valence-electron chi connectivity index (χ3n) is 4.32. The molecule has 0 aromatic heterocycles. The van der Waals surface area contributed by atoms with Gasteiger partial charge in [0.25, 0.3) is 0 Å². The van der Waals surface area contributed by atoms with E-state index in [-0.39, 0.29) is 6.03 Å². The van der Waals surface area contributed by atoms with Crippen molar-refractivity contribution >= 4 is 11.7 Å². The van der Waals surface area contributed by atoms with Crippen LogP contribution in [0.3, 0.4) is 0 Å². The Morgan fingerprint density at radius 3 is 2.48 bits per heavy atom. The van der Waals surface area contributed by atoms with Crippen LogP contribution < -0.4 is 20.4 Å². The van der Waals surface area contributed by atoms with Crippen molar-refractivity contribution in [3.05, 3.63) is 29.8 Å². The Balaban J connectivity index is 1.65. The molecule has 0 atom stereocenters. The summed E-state index contributed by atoms with van der Waals surface area (Å²) < 4.78 is 0. The van der Waals surface area contributed by atoms with Crippen LogP contribution in [0, 0.1) is 6.92 Å². The van der Waals surface area contributed by atoms with Crippen molar-refractivity contribution in [1.29, 1.82) is 0 Å². The summed E-state index contributed by atoms with van der Waals surface area (Å²) in [6.07, 6.45) is 0. The first kappa shape index (κ1) is 15.8. The van der Waals surface area contributed by atoms with Gasteiger partial charge in [0, 0.05) is 5.69 Å². The molecule has 1 saturated heterocycles. The molecule has 0 unspecified atom stereocenters. The number of para-hydroxylation sites is 1. The summed E-state index contributed by atoms with van der Waals surface area (Å²) in [5, 5.41) is 5.85. The van der Waals surface area contributed by atoms with Gasteiger partial charge in [-0.2, -0.15) is 0 Å². The quantitative estimate of drug-likeness (QED) is 0.548. The van der Waals surface area contributed by atoms with E-state index in [1.54, 1.807) is 9.80 Å². The molecule has 5 heteroatoms. The van der Waals surface area contributed by atoms with Gasteiger partial charge >= 0.3 is 6.03 Å². The van der Waals surface area contributed by atoms with E-state index in [2.05, 4.69) is 17.6 Å². The smallest absolute Gasteiger partial charge is 0.319 e. The largest absolute Gasteiger partial charge is 0.332 e. The van der Waals surface area contributed by atoms with Gasteiger partial charge < -0.3 is 20.4 Å². The number of anilines is 1. The zero-order chi connectivity index (χ0) is 15.1. The van der Waals surface area contributed by atoms with Gasteiger partial charge in [-0.3, -0.25) is 0 Å². The summed E-state index contributed by atoms with van der Waals surface area (Å²) >= 11 is 0. The van der Waals surface area contributed by atoms with Crippen molar-refractivity contribution < 1.29 is 14.6 Å². The Morgan fingerprint density at radius 1 is 1.14 bits per heavy atom. The fourth-order valence-electron chi connectivity index (χ4n) is 2.79. The highest BCUT2D eigenvalue weighted by Crippen LogP contribution is 2.12. The average Bonchev–Trinajstić information content (AvgIpc) is 2.50. The third kappa shape index (κ3) is 5.02. The minimum absolute atomic E-state index is 0.110. The lowest BCUT2D eigenvalue weighted by Crippen LogP contribution is -3.28. The molecule has 116 valence electrons. The number of piperazine rings is 1. The van der Waals surface area contributed by atoms with Gasteiger partial charge in [0.1, 0.15) is 26.2 Å². The predicted octanol–water partition coefficient (Wildman–Crippen LogP) is -1.08. The molecule has 5 nitrogen and oxygen atoms in total. The molecule has 0 spiro atoms. The van der Waals surface area contributed by atoms with Crippen LogP contribution in [0.15, 0.2) is 24.3 Å². The van der Waals surface area contributed by atoms with E-state index in [4.69, 9.17) is 0 Å². The van der Waals surface area contributed by atoms with E-state index in [0.29, 0.717) is 0 Å². The first-order valence-electron chi connectivity index (χ1n) is 7.96. The van der Waals surface area contributed by atoms with Gasteiger partial charge in [0.15, 0.2) is 0 Å². The van der Waals surface area contributed by atoms with E-state index in [0.717, 1.165) is 24.3 Å². The van der Waals surface area contributed by atoms with E-state index in [1.165, 1.54) is 32.7 Å². The lowest BCUT2D eigenvalue weighted by Gasteiger charge is -2.28. The molecule has 0 saturated carbocycles. The number of quaternary nitrogens is 2. The maximum Gasteiger partial charge on any atom is 0.319 e. The molecule has 2 amide bonds. The zero-order valence-corrected chi connectivity index (χ0v) is 13.2. The highest BCUT2D eigenvalue weighted by molar-refractivity contribution is 5.89. The minimum Gasteiger partial charge on any atom is -0.332 e. The van der Waals surface area contributed by atoms with Crippen molar-refractivity contribution in [2.24, 2.45) is 0 Å². The Kier molecular flexibility index (Phi) is 6.02. The van der Waals surface area contributed by atoms with Gasteiger partial charge in [-0.25, -0.2) is 4.79 Å². The molecule has 0 bridgehead atoms. The van der Waals surface area contributed by atoms with Gasteiger partial charge in [-0.15, -0.1) is 0 Å². The minimum atomic E-state index is -0.110. The van der Waals surface area contributed by atoms with Crippen LogP contribution in [-0.4, -0.2) is 51.8 Å². The molecular formula is C16H28N4O+2. The fourth-order valence-corrected chi connectivity index (χ4v) is 2.79. The number of carbonyl (C=O) groups is 1.